The van der Waals surface area contributed by atoms with Gasteiger partial charge in [-0.05, 0) is 37.4 Å². The van der Waals surface area contributed by atoms with Crippen molar-refractivity contribution in [2.24, 2.45) is 5.73 Å². The zero-order valence-electron chi connectivity index (χ0n) is 11.9. The Hall–Kier alpha value is -1.81. The number of carboxylic acid groups (broad SMARTS) is 1. The number of aryl methyl sites for hydroxylation is 2. The third kappa shape index (κ3) is 2.85. The van der Waals surface area contributed by atoms with Crippen LogP contribution in [0.2, 0.25) is 0 Å². The van der Waals surface area contributed by atoms with Gasteiger partial charge >= 0.3 is 5.97 Å². The number of hydrogen-bond acceptors (Lipinski definition) is 2. The number of para-hydroxylation sites is 1. The normalized spacial score (nSPS) is 11.1. The Morgan fingerprint density at radius 1 is 1.35 bits per heavy atom. The summed E-state index contributed by atoms with van der Waals surface area (Å²) in [4.78, 5) is 11.4. The average molecular weight is 274 g/mol. The highest BCUT2D eigenvalue weighted by molar-refractivity contribution is 6.03. The summed E-state index contributed by atoms with van der Waals surface area (Å²) in [6.45, 7) is 3.54. The molecule has 1 aromatic heterocycles. The summed E-state index contributed by atoms with van der Waals surface area (Å²) in [6.07, 6.45) is 6.19. The summed E-state index contributed by atoms with van der Waals surface area (Å²) in [7, 11) is 0. The molecule has 1 heterocycles. The van der Waals surface area contributed by atoms with Gasteiger partial charge < -0.3 is 15.4 Å². The Labute approximate surface area is 119 Å². The molecule has 0 spiro atoms. The van der Waals surface area contributed by atoms with Crippen molar-refractivity contribution in [1.82, 2.24) is 4.57 Å². The third-order valence-electron chi connectivity index (χ3n) is 3.61. The quantitative estimate of drug-likeness (QED) is 0.815. The van der Waals surface area contributed by atoms with Crippen molar-refractivity contribution in [2.45, 2.75) is 39.2 Å². The largest absolute Gasteiger partial charge is 0.478 e. The van der Waals surface area contributed by atoms with Gasteiger partial charge in [0.25, 0.3) is 0 Å². The Morgan fingerprint density at radius 3 is 2.80 bits per heavy atom. The smallest absolute Gasteiger partial charge is 0.337 e. The first-order valence-corrected chi connectivity index (χ1v) is 7.23. The summed E-state index contributed by atoms with van der Waals surface area (Å²) >= 11 is 0. The van der Waals surface area contributed by atoms with Crippen LogP contribution < -0.4 is 5.73 Å². The van der Waals surface area contributed by atoms with Crippen molar-refractivity contribution < 1.29 is 9.90 Å². The molecule has 1 aromatic carbocycles. The molecule has 0 bridgehead atoms. The molecule has 0 fully saturated rings. The highest BCUT2D eigenvalue weighted by Crippen LogP contribution is 2.26. The zero-order chi connectivity index (χ0) is 14.5. The predicted octanol–water partition coefficient (Wildman–Crippen LogP) is 3.03. The van der Waals surface area contributed by atoms with Crippen LogP contribution in [0.15, 0.2) is 24.4 Å². The molecular formula is C16H22N2O2. The number of fused-ring (bicyclic) bond motifs is 1. The first-order valence-electron chi connectivity index (χ1n) is 7.23. The van der Waals surface area contributed by atoms with Gasteiger partial charge in [0, 0.05) is 18.1 Å². The fraction of sp³-hybridized carbons (Fsp3) is 0.438. The molecule has 4 heteroatoms. The first-order chi connectivity index (χ1) is 9.69. The van der Waals surface area contributed by atoms with Gasteiger partial charge in [0.2, 0.25) is 0 Å². The standard InChI is InChI=1S/C16H22N2O2/c1-2-3-6-12-11-18(10-5-9-17)15-13(12)7-4-8-14(15)16(19)20/h4,7-8,11H,2-3,5-6,9-10,17H2,1H3,(H,19,20). The van der Waals surface area contributed by atoms with Gasteiger partial charge in [-0.1, -0.05) is 25.5 Å². The van der Waals surface area contributed by atoms with Crippen molar-refractivity contribution in [3.8, 4) is 0 Å². The molecule has 2 aromatic rings. The van der Waals surface area contributed by atoms with E-state index in [-0.39, 0.29) is 0 Å². The van der Waals surface area contributed by atoms with E-state index < -0.39 is 5.97 Å². The summed E-state index contributed by atoms with van der Waals surface area (Å²) in [5.41, 5.74) is 8.02. The Morgan fingerprint density at radius 2 is 2.15 bits per heavy atom. The van der Waals surface area contributed by atoms with Crippen molar-refractivity contribution in [3.63, 3.8) is 0 Å². The molecule has 4 nitrogen and oxygen atoms in total. The number of carboxylic acids is 1. The lowest BCUT2D eigenvalue weighted by atomic mass is 10.1. The van der Waals surface area contributed by atoms with Gasteiger partial charge in [-0.2, -0.15) is 0 Å². The van der Waals surface area contributed by atoms with E-state index in [1.165, 1.54) is 5.56 Å². The van der Waals surface area contributed by atoms with Gasteiger partial charge in [-0.3, -0.25) is 0 Å². The van der Waals surface area contributed by atoms with Crippen LogP contribution in [0.25, 0.3) is 10.9 Å². The fourth-order valence-electron chi connectivity index (χ4n) is 2.61. The van der Waals surface area contributed by atoms with E-state index in [9.17, 15) is 9.90 Å². The van der Waals surface area contributed by atoms with Crippen LogP contribution in [-0.4, -0.2) is 22.2 Å². The van der Waals surface area contributed by atoms with Crippen molar-refractivity contribution >= 4 is 16.9 Å². The van der Waals surface area contributed by atoms with E-state index >= 15 is 0 Å². The maximum atomic E-state index is 11.4. The first kappa shape index (κ1) is 14.6. The lowest BCUT2D eigenvalue weighted by Crippen LogP contribution is -2.07. The minimum atomic E-state index is -0.871. The molecule has 0 aliphatic heterocycles. The summed E-state index contributed by atoms with van der Waals surface area (Å²) < 4.78 is 2.05. The van der Waals surface area contributed by atoms with E-state index in [2.05, 4.69) is 17.7 Å². The lowest BCUT2D eigenvalue weighted by Gasteiger charge is -2.06. The Balaban J connectivity index is 2.54. The lowest BCUT2D eigenvalue weighted by molar-refractivity contribution is 0.0698. The molecule has 0 unspecified atom stereocenters. The molecule has 0 amide bonds. The second-order valence-corrected chi connectivity index (χ2v) is 5.10. The van der Waals surface area contributed by atoms with Gasteiger partial charge in [0.15, 0.2) is 0 Å². The van der Waals surface area contributed by atoms with E-state index in [1.54, 1.807) is 6.07 Å². The van der Waals surface area contributed by atoms with Crippen molar-refractivity contribution in [3.05, 3.63) is 35.5 Å². The average Bonchev–Trinajstić information content (AvgIpc) is 2.80. The third-order valence-corrected chi connectivity index (χ3v) is 3.61. The molecule has 0 saturated carbocycles. The Kier molecular flexibility index (Phi) is 4.79. The van der Waals surface area contributed by atoms with Crippen molar-refractivity contribution in [1.29, 1.82) is 0 Å². The van der Waals surface area contributed by atoms with Crippen LogP contribution in [0.4, 0.5) is 0 Å². The SMILES string of the molecule is CCCCc1cn(CCCN)c2c(C(=O)O)cccc12. The number of hydrogen-bond donors (Lipinski definition) is 2. The highest BCUT2D eigenvalue weighted by Gasteiger charge is 2.15. The van der Waals surface area contributed by atoms with E-state index in [0.717, 1.165) is 43.1 Å². The van der Waals surface area contributed by atoms with Gasteiger partial charge in [0.1, 0.15) is 0 Å². The molecule has 0 aliphatic carbocycles. The Bertz CT molecular complexity index is 602. The second-order valence-electron chi connectivity index (χ2n) is 5.10. The van der Waals surface area contributed by atoms with Crippen LogP contribution in [-0.2, 0) is 13.0 Å². The second kappa shape index (κ2) is 6.57. The van der Waals surface area contributed by atoms with E-state index in [1.807, 2.05) is 12.1 Å². The molecule has 108 valence electrons. The van der Waals surface area contributed by atoms with Gasteiger partial charge in [0.05, 0.1) is 11.1 Å². The monoisotopic (exact) mass is 274 g/mol. The maximum Gasteiger partial charge on any atom is 0.337 e. The van der Waals surface area contributed by atoms with E-state index in [0.29, 0.717) is 12.1 Å². The van der Waals surface area contributed by atoms with Crippen molar-refractivity contribution in [2.75, 3.05) is 6.54 Å². The number of nitrogens with two attached hydrogens (primary N) is 1. The van der Waals surface area contributed by atoms with Crippen LogP contribution in [0.1, 0.15) is 42.1 Å². The molecular weight excluding hydrogens is 252 g/mol. The molecule has 0 atom stereocenters. The maximum absolute atomic E-state index is 11.4. The van der Waals surface area contributed by atoms with Crippen LogP contribution in [0.5, 0.6) is 0 Å². The predicted molar refractivity (Wildman–Crippen MR) is 81.2 cm³/mol. The molecule has 0 saturated heterocycles. The fourth-order valence-corrected chi connectivity index (χ4v) is 2.61. The summed E-state index contributed by atoms with van der Waals surface area (Å²) in [5.74, 6) is -0.871. The summed E-state index contributed by atoms with van der Waals surface area (Å²) in [6, 6.07) is 5.52. The summed E-state index contributed by atoms with van der Waals surface area (Å²) in [5, 5.41) is 10.4. The number of aromatic carboxylic acids is 1. The molecule has 2 rings (SSSR count). The van der Waals surface area contributed by atoms with E-state index in [4.69, 9.17) is 5.73 Å². The topological polar surface area (TPSA) is 68.2 Å². The number of unbranched alkanes of at least 4 members (excludes halogenated alkanes) is 1. The molecule has 3 N–H and O–H groups in total. The van der Waals surface area contributed by atoms with Gasteiger partial charge in [-0.25, -0.2) is 4.79 Å². The minimum Gasteiger partial charge on any atom is -0.478 e. The molecule has 0 aliphatic rings. The highest BCUT2D eigenvalue weighted by atomic mass is 16.4. The number of benzene rings is 1. The number of carbonyl (C=O) groups is 1. The zero-order valence-corrected chi connectivity index (χ0v) is 11.9. The van der Waals surface area contributed by atoms with Crippen LogP contribution in [0.3, 0.4) is 0 Å². The van der Waals surface area contributed by atoms with Crippen LogP contribution >= 0.6 is 0 Å². The molecule has 20 heavy (non-hydrogen) atoms. The minimum absolute atomic E-state index is 0.377. The number of nitrogens with zero attached hydrogens (tertiary/aromatic N) is 1. The molecule has 0 radical (unpaired) electrons. The number of aromatic nitrogens is 1. The van der Waals surface area contributed by atoms with Crippen LogP contribution in [0, 0.1) is 0 Å². The number of rotatable bonds is 7. The van der Waals surface area contributed by atoms with Gasteiger partial charge in [-0.15, -0.1) is 0 Å².